The van der Waals surface area contributed by atoms with Gasteiger partial charge in [-0.2, -0.15) is 0 Å². The van der Waals surface area contributed by atoms with E-state index in [9.17, 15) is 4.79 Å². The Balaban J connectivity index is 2.02. The number of aliphatic hydroxyl groups is 1. The molecular formula is C11H17N3O2S. The SMILES string of the molecule is CCc1nnsc1C(=O)N1CCC(CCO)C1. The highest BCUT2D eigenvalue weighted by molar-refractivity contribution is 7.08. The number of hydrogen-bond acceptors (Lipinski definition) is 5. The van der Waals surface area contributed by atoms with Crippen LogP contribution in [0.3, 0.4) is 0 Å². The Kier molecular flexibility index (Phi) is 4.06. The molecule has 1 N–H and O–H groups in total. The van der Waals surface area contributed by atoms with Gasteiger partial charge in [-0.3, -0.25) is 4.79 Å². The number of rotatable bonds is 4. The molecule has 0 aliphatic carbocycles. The van der Waals surface area contributed by atoms with Crippen LogP contribution in [0.2, 0.25) is 0 Å². The summed E-state index contributed by atoms with van der Waals surface area (Å²) in [5.41, 5.74) is 0.797. The minimum absolute atomic E-state index is 0.0530. The molecule has 0 spiro atoms. The maximum atomic E-state index is 12.2. The van der Waals surface area contributed by atoms with Gasteiger partial charge in [0, 0.05) is 19.7 Å². The van der Waals surface area contributed by atoms with Crippen molar-refractivity contribution in [1.29, 1.82) is 0 Å². The lowest BCUT2D eigenvalue weighted by atomic mass is 10.1. The Bertz CT molecular complexity index is 394. The summed E-state index contributed by atoms with van der Waals surface area (Å²) in [5, 5.41) is 12.9. The third-order valence-corrected chi connectivity index (χ3v) is 3.95. The Morgan fingerprint density at radius 3 is 3.18 bits per heavy atom. The number of likely N-dealkylation sites (tertiary alicyclic amines) is 1. The number of aliphatic hydroxyl groups excluding tert-OH is 1. The van der Waals surface area contributed by atoms with E-state index in [1.165, 1.54) is 11.5 Å². The van der Waals surface area contributed by atoms with Crippen molar-refractivity contribution < 1.29 is 9.90 Å². The molecule has 1 aromatic rings. The van der Waals surface area contributed by atoms with Crippen molar-refractivity contribution in [2.75, 3.05) is 19.7 Å². The maximum absolute atomic E-state index is 12.2. The quantitative estimate of drug-likeness (QED) is 0.869. The first-order valence-electron chi connectivity index (χ1n) is 5.97. The van der Waals surface area contributed by atoms with Crippen LogP contribution in [-0.4, -0.2) is 45.2 Å². The van der Waals surface area contributed by atoms with Gasteiger partial charge in [0.05, 0.1) is 5.69 Å². The zero-order valence-electron chi connectivity index (χ0n) is 9.93. The lowest BCUT2D eigenvalue weighted by Crippen LogP contribution is -2.28. The average molecular weight is 255 g/mol. The molecule has 2 rings (SSSR count). The fourth-order valence-electron chi connectivity index (χ4n) is 2.18. The summed E-state index contributed by atoms with van der Waals surface area (Å²) in [4.78, 5) is 14.8. The molecule has 1 amide bonds. The predicted octanol–water partition coefficient (Wildman–Crippen LogP) is 0.945. The van der Waals surface area contributed by atoms with E-state index in [1.807, 2.05) is 11.8 Å². The molecule has 1 fully saturated rings. The highest BCUT2D eigenvalue weighted by Gasteiger charge is 2.28. The molecule has 1 unspecified atom stereocenters. The summed E-state index contributed by atoms with van der Waals surface area (Å²) in [7, 11) is 0. The normalized spacial score (nSPS) is 19.9. The topological polar surface area (TPSA) is 66.3 Å². The van der Waals surface area contributed by atoms with Crippen LogP contribution in [0.1, 0.15) is 35.1 Å². The van der Waals surface area contributed by atoms with Crippen LogP contribution in [0.15, 0.2) is 0 Å². The number of carbonyl (C=O) groups excluding carboxylic acids is 1. The Hall–Kier alpha value is -1.01. The van der Waals surface area contributed by atoms with Gasteiger partial charge < -0.3 is 10.0 Å². The summed E-state index contributed by atoms with van der Waals surface area (Å²) >= 11 is 1.18. The van der Waals surface area contributed by atoms with Gasteiger partial charge in [0.15, 0.2) is 0 Å². The minimum atomic E-state index is 0.0530. The number of aryl methyl sites for hydroxylation is 1. The first kappa shape index (κ1) is 12.4. The second kappa shape index (κ2) is 5.55. The van der Waals surface area contributed by atoms with Gasteiger partial charge in [0.2, 0.25) is 0 Å². The minimum Gasteiger partial charge on any atom is -0.396 e. The van der Waals surface area contributed by atoms with Gasteiger partial charge in [0.1, 0.15) is 4.88 Å². The maximum Gasteiger partial charge on any atom is 0.267 e. The van der Waals surface area contributed by atoms with Crippen molar-refractivity contribution in [3.63, 3.8) is 0 Å². The van der Waals surface area contributed by atoms with E-state index in [-0.39, 0.29) is 12.5 Å². The van der Waals surface area contributed by atoms with Crippen molar-refractivity contribution in [1.82, 2.24) is 14.5 Å². The molecule has 17 heavy (non-hydrogen) atoms. The van der Waals surface area contributed by atoms with Gasteiger partial charge in [-0.15, -0.1) is 5.10 Å². The van der Waals surface area contributed by atoms with Gasteiger partial charge in [-0.05, 0) is 36.7 Å². The van der Waals surface area contributed by atoms with E-state index in [0.717, 1.165) is 38.0 Å². The molecule has 0 radical (unpaired) electrons. The molecule has 2 heterocycles. The monoisotopic (exact) mass is 255 g/mol. The fraction of sp³-hybridized carbons (Fsp3) is 0.727. The van der Waals surface area contributed by atoms with E-state index in [1.54, 1.807) is 0 Å². The van der Waals surface area contributed by atoms with Gasteiger partial charge >= 0.3 is 0 Å². The van der Waals surface area contributed by atoms with Crippen molar-refractivity contribution in [2.45, 2.75) is 26.2 Å². The molecule has 1 aromatic heterocycles. The van der Waals surface area contributed by atoms with Crippen molar-refractivity contribution in [3.8, 4) is 0 Å². The van der Waals surface area contributed by atoms with Crippen LogP contribution in [0, 0.1) is 5.92 Å². The van der Waals surface area contributed by atoms with Crippen LogP contribution >= 0.6 is 11.5 Å². The second-order valence-electron chi connectivity index (χ2n) is 4.32. The molecule has 94 valence electrons. The average Bonchev–Trinajstić information content (AvgIpc) is 2.96. The van der Waals surface area contributed by atoms with Gasteiger partial charge in [-0.25, -0.2) is 0 Å². The van der Waals surface area contributed by atoms with Crippen molar-refractivity contribution in [2.24, 2.45) is 5.92 Å². The van der Waals surface area contributed by atoms with Crippen LogP contribution in [0.4, 0.5) is 0 Å². The lowest BCUT2D eigenvalue weighted by Gasteiger charge is -2.15. The molecule has 1 atom stereocenters. The largest absolute Gasteiger partial charge is 0.396 e. The first-order valence-corrected chi connectivity index (χ1v) is 6.75. The number of amides is 1. The first-order chi connectivity index (χ1) is 8.26. The van der Waals surface area contributed by atoms with E-state index in [2.05, 4.69) is 9.59 Å². The third kappa shape index (κ3) is 2.63. The number of aromatic nitrogens is 2. The number of nitrogens with zero attached hydrogens (tertiary/aromatic N) is 3. The van der Waals surface area contributed by atoms with E-state index in [0.29, 0.717) is 10.8 Å². The summed E-state index contributed by atoms with van der Waals surface area (Å²) in [6, 6.07) is 0. The number of carbonyl (C=O) groups is 1. The zero-order valence-corrected chi connectivity index (χ0v) is 10.7. The fourth-order valence-corrected chi connectivity index (χ4v) is 2.90. The molecule has 0 aromatic carbocycles. The number of hydrogen-bond donors (Lipinski definition) is 1. The summed E-state index contributed by atoms with van der Waals surface area (Å²) in [6.07, 6.45) is 2.51. The van der Waals surface area contributed by atoms with E-state index in [4.69, 9.17) is 5.11 Å². The molecule has 6 heteroatoms. The van der Waals surface area contributed by atoms with Crippen LogP contribution in [-0.2, 0) is 6.42 Å². The van der Waals surface area contributed by atoms with E-state index >= 15 is 0 Å². The molecule has 0 saturated carbocycles. The standard InChI is InChI=1S/C11H17N3O2S/c1-2-9-10(17-13-12-9)11(16)14-5-3-8(7-14)4-6-15/h8,15H,2-7H2,1H3. The van der Waals surface area contributed by atoms with Crippen molar-refractivity contribution >= 4 is 17.4 Å². The highest BCUT2D eigenvalue weighted by Crippen LogP contribution is 2.23. The van der Waals surface area contributed by atoms with Gasteiger partial charge in [-0.1, -0.05) is 11.4 Å². The highest BCUT2D eigenvalue weighted by atomic mass is 32.1. The summed E-state index contributed by atoms with van der Waals surface area (Å²) in [6.45, 7) is 3.71. The molecule has 0 bridgehead atoms. The Morgan fingerprint density at radius 2 is 2.47 bits per heavy atom. The summed E-state index contributed by atoms with van der Waals surface area (Å²) in [5.74, 6) is 0.493. The third-order valence-electron chi connectivity index (χ3n) is 3.20. The van der Waals surface area contributed by atoms with Gasteiger partial charge in [0.25, 0.3) is 5.91 Å². The Labute approximate surface area is 105 Å². The molecule has 1 aliphatic rings. The summed E-state index contributed by atoms with van der Waals surface area (Å²) < 4.78 is 3.84. The van der Waals surface area contributed by atoms with E-state index < -0.39 is 0 Å². The molecule has 1 saturated heterocycles. The molecule has 1 aliphatic heterocycles. The Morgan fingerprint density at radius 1 is 1.65 bits per heavy atom. The van der Waals surface area contributed by atoms with Crippen molar-refractivity contribution in [3.05, 3.63) is 10.6 Å². The smallest absolute Gasteiger partial charge is 0.267 e. The second-order valence-corrected chi connectivity index (χ2v) is 5.07. The van der Waals surface area contributed by atoms with Crippen LogP contribution in [0.5, 0.6) is 0 Å². The molecule has 5 nitrogen and oxygen atoms in total. The lowest BCUT2D eigenvalue weighted by molar-refractivity contribution is 0.0788. The van der Waals surface area contributed by atoms with Crippen LogP contribution in [0.25, 0.3) is 0 Å². The molecular weight excluding hydrogens is 238 g/mol. The predicted molar refractivity (Wildman–Crippen MR) is 65.0 cm³/mol. The zero-order chi connectivity index (χ0) is 12.3. The van der Waals surface area contributed by atoms with Crippen LogP contribution < -0.4 is 0 Å².